The van der Waals surface area contributed by atoms with Crippen LogP contribution in [0.4, 0.5) is 11.8 Å². The molecule has 0 radical (unpaired) electrons. The van der Waals surface area contributed by atoms with E-state index < -0.39 is 0 Å². The molecule has 2 heterocycles. The highest BCUT2D eigenvalue weighted by Gasteiger charge is 2.18. The van der Waals surface area contributed by atoms with E-state index in [9.17, 15) is 0 Å². The zero-order valence-corrected chi connectivity index (χ0v) is 8.95. The number of nitrogens with one attached hydrogen (secondary N) is 1. The van der Waals surface area contributed by atoms with Crippen LogP contribution in [0.2, 0.25) is 0 Å². The number of ether oxygens (including phenoxy) is 1. The van der Waals surface area contributed by atoms with Crippen LogP contribution in [0, 0.1) is 0 Å². The minimum absolute atomic E-state index is 0.530. The summed E-state index contributed by atoms with van der Waals surface area (Å²) in [5, 5.41) is 0. The molecule has 0 spiro atoms. The fraction of sp³-hybridized carbons (Fsp3) is 0.556. The van der Waals surface area contributed by atoms with Crippen LogP contribution in [0.25, 0.3) is 0 Å². The molecule has 0 saturated carbocycles. The third-order valence-corrected chi connectivity index (χ3v) is 2.35. The molecule has 0 bridgehead atoms. The lowest BCUT2D eigenvalue weighted by Crippen LogP contribution is -2.22. The Balaban J connectivity index is 2.48. The Morgan fingerprint density at radius 2 is 2.20 bits per heavy atom. The molecule has 0 atom stereocenters. The molecule has 6 nitrogen and oxygen atoms in total. The summed E-state index contributed by atoms with van der Waals surface area (Å²) in [7, 11) is 3.81. The summed E-state index contributed by atoms with van der Waals surface area (Å²) in [5.74, 6) is 6.75. The van der Waals surface area contributed by atoms with Gasteiger partial charge in [-0.25, -0.2) is 10.8 Å². The Kier molecular flexibility index (Phi) is 2.70. The molecule has 1 aliphatic heterocycles. The summed E-state index contributed by atoms with van der Waals surface area (Å²) in [5.41, 5.74) is 4.58. The van der Waals surface area contributed by atoms with Crippen molar-refractivity contribution in [3.05, 3.63) is 11.3 Å². The molecule has 3 N–H and O–H groups in total. The molecule has 1 aliphatic rings. The number of nitrogens with two attached hydrogens (primary N) is 1. The highest BCUT2D eigenvalue weighted by molar-refractivity contribution is 5.50. The van der Waals surface area contributed by atoms with E-state index in [0.29, 0.717) is 25.0 Å². The molecule has 0 saturated heterocycles. The van der Waals surface area contributed by atoms with E-state index >= 15 is 0 Å². The van der Waals surface area contributed by atoms with Crippen LogP contribution in [0.15, 0.2) is 0 Å². The van der Waals surface area contributed by atoms with E-state index in [2.05, 4.69) is 15.4 Å². The molecule has 0 unspecified atom stereocenters. The number of nitrogens with zero attached hydrogens (tertiary/aromatic N) is 3. The minimum Gasteiger partial charge on any atom is -0.376 e. The number of nitrogen functional groups attached to an aromatic ring is 1. The maximum Gasteiger partial charge on any atom is 0.227 e. The molecular formula is C9H15N5O. The summed E-state index contributed by atoms with van der Waals surface area (Å²) in [4.78, 5) is 10.6. The number of hydrogen-bond acceptors (Lipinski definition) is 6. The zero-order chi connectivity index (χ0) is 10.8. The molecule has 2 rings (SSSR count). The van der Waals surface area contributed by atoms with Gasteiger partial charge in [0.05, 0.1) is 18.9 Å². The molecular weight excluding hydrogens is 194 g/mol. The predicted octanol–water partition coefficient (Wildman–Crippen LogP) is -0.0991. The van der Waals surface area contributed by atoms with Crippen molar-refractivity contribution in [3.63, 3.8) is 0 Å². The van der Waals surface area contributed by atoms with Gasteiger partial charge in [0.1, 0.15) is 0 Å². The second-order valence-corrected chi connectivity index (χ2v) is 3.64. The van der Waals surface area contributed by atoms with E-state index in [1.54, 1.807) is 0 Å². The lowest BCUT2D eigenvalue weighted by atomic mass is 10.1. The van der Waals surface area contributed by atoms with Crippen molar-refractivity contribution < 1.29 is 4.74 Å². The van der Waals surface area contributed by atoms with Crippen molar-refractivity contribution in [1.82, 2.24) is 9.97 Å². The fourth-order valence-electron chi connectivity index (χ4n) is 1.54. The summed E-state index contributed by atoms with van der Waals surface area (Å²) in [6.45, 7) is 1.24. The summed E-state index contributed by atoms with van der Waals surface area (Å²) in [6, 6.07) is 0. The number of anilines is 2. The summed E-state index contributed by atoms with van der Waals surface area (Å²) >= 11 is 0. The highest BCUT2D eigenvalue weighted by atomic mass is 16.5. The summed E-state index contributed by atoms with van der Waals surface area (Å²) < 4.78 is 5.35. The molecule has 0 amide bonds. The average molecular weight is 209 g/mol. The van der Waals surface area contributed by atoms with Gasteiger partial charge in [-0.05, 0) is 0 Å². The molecule has 82 valence electrons. The quantitative estimate of drug-likeness (QED) is 0.523. The van der Waals surface area contributed by atoms with Crippen molar-refractivity contribution in [3.8, 4) is 0 Å². The lowest BCUT2D eigenvalue weighted by molar-refractivity contribution is 0.109. The Hall–Kier alpha value is -1.40. The number of hydrazine groups is 1. The van der Waals surface area contributed by atoms with E-state index in [0.717, 1.165) is 17.7 Å². The minimum atomic E-state index is 0.530. The van der Waals surface area contributed by atoms with Crippen molar-refractivity contribution in [1.29, 1.82) is 0 Å². The van der Waals surface area contributed by atoms with Crippen LogP contribution in [-0.2, 0) is 17.8 Å². The smallest absolute Gasteiger partial charge is 0.227 e. The Bertz CT molecular complexity index is 349. The molecule has 1 aromatic heterocycles. The third kappa shape index (κ3) is 1.86. The van der Waals surface area contributed by atoms with Crippen LogP contribution in [0.3, 0.4) is 0 Å². The first-order valence-electron chi connectivity index (χ1n) is 4.84. The van der Waals surface area contributed by atoms with E-state index in [1.165, 1.54) is 0 Å². The maximum absolute atomic E-state index is 5.43. The maximum atomic E-state index is 5.43. The molecule has 0 aromatic carbocycles. The van der Waals surface area contributed by atoms with Gasteiger partial charge in [-0.3, -0.25) is 0 Å². The summed E-state index contributed by atoms with van der Waals surface area (Å²) in [6.07, 6.45) is 0.813. The van der Waals surface area contributed by atoms with Crippen molar-refractivity contribution in [2.75, 3.05) is 31.0 Å². The van der Waals surface area contributed by atoms with Crippen LogP contribution >= 0.6 is 0 Å². The van der Waals surface area contributed by atoms with Crippen LogP contribution in [-0.4, -0.2) is 30.7 Å². The van der Waals surface area contributed by atoms with E-state index in [1.807, 2.05) is 19.0 Å². The Morgan fingerprint density at radius 3 is 2.87 bits per heavy atom. The molecule has 1 aromatic rings. The molecule has 15 heavy (non-hydrogen) atoms. The first kappa shape index (κ1) is 10.1. The fourth-order valence-corrected chi connectivity index (χ4v) is 1.54. The topological polar surface area (TPSA) is 76.3 Å². The number of aromatic nitrogens is 2. The van der Waals surface area contributed by atoms with Crippen molar-refractivity contribution in [2.24, 2.45) is 5.84 Å². The molecule has 6 heteroatoms. The molecule has 0 aliphatic carbocycles. The van der Waals surface area contributed by atoms with E-state index in [-0.39, 0.29) is 0 Å². The van der Waals surface area contributed by atoms with Gasteiger partial charge >= 0.3 is 0 Å². The van der Waals surface area contributed by atoms with Gasteiger partial charge in [0.2, 0.25) is 5.95 Å². The zero-order valence-electron chi connectivity index (χ0n) is 8.95. The van der Waals surface area contributed by atoms with Crippen LogP contribution in [0.1, 0.15) is 11.3 Å². The van der Waals surface area contributed by atoms with Gasteiger partial charge in [-0.1, -0.05) is 0 Å². The number of fused-ring (bicyclic) bond motifs is 1. The van der Waals surface area contributed by atoms with Gasteiger partial charge in [0, 0.05) is 26.1 Å². The molecule has 0 fully saturated rings. The van der Waals surface area contributed by atoms with Gasteiger partial charge in [0.15, 0.2) is 5.82 Å². The van der Waals surface area contributed by atoms with Gasteiger partial charge in [-0.2, -0.15) is 4.98 Å². The third-order valence-electron chi connectivity index (χ3n) is 2.35. The van der Waals surface area contributed by atoms with Gasteiger partial charge < -0.3 is 15.1 Å². The van der Waals surface area contributed by atoms with Crippen molar-refractivity contribution in [2.45, 2.75) is 13.0 Å². The van der Waals surface area contributed by atoms with Gasteiger partial charge in [-0.15, -0.1) is 0 Å². The normalized spacial score (nSPS) is 14.6. The van der Waals surface area contributed by atoms with Gasteiger partial charge in [0.25, 0.3) is 0 Å². The largest absolute Gasteiger partial charge is 0.376 e. The average Bonchev–Trinajstić information content (AvgIpc) is 2.27. The Morgan fingerprint density at radius 1 is 1.40 bits per heavy atom. The highest BCUT2D eigenvalue weighted by Crippen LogP contribution is 2.23. The monoisotopic (exact) mass is 209 g/mol. The number of hydrogen-bond donors (Lipinski definition) is 2. The van der Waals surface area contributed by atoms with E-state index in [4.69, 9.17) is 10.6 Å². The lowest BCUT2D eigenvalue weighted by Gasteiger charge is -2.20. The SMILES string of the molecule is CN(C)c1nc2c(c(NN)n1)COCC2. The first-order chi connectivity index (χ1) is 7.22. The van der Waals surface area contributed by atoms with Crippen LogP contribution in [0.5, 0.6) is 0 Å². The van der Waals surface area contributed by atoms with Crippen molar-refractivity contribution >= 4 is 11.8 Å². The predicted molar refractivity (Wildman–Crippen MR) is 57.5 cm³/mol. The number of rotatable bonds is 2. The first-order valence-corrected chi connectivity index (χ1v) is 4.84. The Labute approximate surface area is 88.4 Å². The standard InChI is InChI=1S/C9H15N5O/c1-14(2)9-11-7-3-4-15-5-6(7)8(12-9)13-10/h3-5,10H2,1-2H3,(H,11,12,13). The second-order valence-electron chi connectivity index (χ2n) is 3.64. The second kappa shape index (κ2) is 4.00. The van der Waals surface area contributed by atoms with Crippen LogP contribution < -0.4 is 16.2 Å².